The summed E-state index contributed by atoms with van der Waals surface area (Å²) in [7, 11) is -3.99. The maximum atomic E-state index is 15.0. The van der Waals surface area contributed by atoms with Gasteiger partial charge in [0.15, 0.2) is 0 Å². The van der Waals surface area contributed by atoms with Gasteiger partial charge in [0.25, 0.3) is 14.2 Å². The van der Waals surface area contributed by atoms with Crippen molar-refractivity contribution in [2.24, 2.45) is 16.6 Å². The zero-order chi connectivity index (χ0) is 72.9. The summed E-state index contributed by atoms with van der Waals surface area (Å²) in [6.07, 6.45) is 0.171. The number of carbonyl (C=O) groups is 10. The normalized spacial score (nSPS) is 15.0. The number of nitrogens with one attached hydrogen (secondary N) is 5. The molecule has 7 N–H and O–H groups in total. The summed E-state index contributed by atoms with van der Waals surface area (Å²) in [5.74, 6) is -6.19. The average molecular weight is 1400 g/mol. The van der Waals surface area contributed by atoms with E-state index in [4.69, 9.17) is 33.8 Å². The van der Waals surface area contributed by atoms with E-state index < -0.39 is 143 Å². The molecule has 0 unspecified atom stereocenters. The first-order valence-electron chi connectivity index (χ1n) is 33.6. The van der Waals surface area contributed by atoms with Crippen molar-refractivity contribution >= 4 is 82.1 Å². The number of esters is 1. The molecule has 538 valence electrons. The van der Waals surface area contributed by atoms with Crippen molar-refractivity contribution in [1.29, 1.82) is 0 Å². The minimum Gasteiger partial charge on any atom is -0.543 e. The summed E-state index contributed by atoms with van der Waals surface area (Å²) in [6.45, 7) is 30.1. The van der Waals surface area contributed by atoms with Crippen LogP contribution in [0.3, 0.4) is 0 Å². The van der Waals surface area contributed by atoms with E-state index in [1.54, 1.807) is 95.3 Å². The van der Waals surface area contributed by atoms with Crippen molar-refractivity contribution in [3.8, 4) is 5.75 Å². The molecule has 8 amide bonds. The van der Waals surface area contributed by atoms with E-state index in [2.05, 4.69) is 99.3 Å². The smallest absolute Gasteiger partial charge is 0.437 e. The SMILES string of the molecule is C=CCOC(=O)/C=C/[C@H](Cc1ccc(O[Si](C(C)C)(C(C)C)C(C)C)cc1)NC(=O)[C@H](NC(=O)C(=O)[C@H](CCCN(C(=O)OCc1ccccc1)/C(N)=N/C(=O)OCc1ccccc1)NC(=O)[C@@H]1CCCN1C(=O)[C@H](CNC(=O)OC(C)(C)C)NC(=O)OCC[Si](C)(C)C)[C@@H](C)CC. The van der Waals surface area contributed by atoms with Gasteiger partial charge in [0.1, 0.15) is 49.3 Å². The molecule has 1 heterocycles. The van der Waals surface area contributed by atoms with Gasteiger partial charge in [-0.1, -0.05) is 173 Å². The lowest BCUT2D eigenvalue weighted by atomic mass is 9.96. The quantitative estimate of drug-likeness (QED) is 0.00466. The number of alkyl carbamates (subject to hydrolysis) is 2. The number of carbonyl (C=O) groups excluding carboxylic acids is 10. The second kappa shape index (κ2) is 39.5. The summed E-state index contributed by atoms with van der Waals surface area (Å²) in [5.41, 5.74) is 8.40. The highest BCUT2D eigenvalue weighted by molar-refractivity contribution is 6.78. The number of ketones is 1. The minimum atomic E-state index is -2.32. The standard InChI is InChI=1S/C71H105N9O16Si2/c1-16-40-91-59(81)37-34-54(43-51-32-35-55(36-33-51)96-98(47(3)4,48(5)6)49(7)8)74-63(84)60(50(9)17-2)77-64(85)61(82)56(30-24-39-80(70(90)94-46-53-28-22-19-23-29-53)66(72)78-69(89)93-45-52-26-20-18-21-27-52)75-62(83)58-31-25-38-79(58)65(86)57(44-73-67(87)95-71(10,11)12)76-68(88)92-41-42-97(13,14)15/h16,18-23,26-29,32-37,47-50,54,56-58,60H,1,17,24-25,30-31,38-46H2,2-15H3,(H,73,87)(H,74,84)(H,75,83)(H,76,88)(H,77,85)(H2,72,78,89)/b37-34+/t50-,54+,56-,57-,58-,60+/m0/s1. The second-order valence-electron chi connectivity index (χ2n) is 27.5. The van der Waals surface area contributed by atoms with E-state index in [1.807, 2.05) is 24.3 Å². The van der Waals surface area contributed by atoms with Crippen LogP contribution < -0.4 is 36.7 Å². The number of ether oxygens (including phenoxy) is 5. The van der Waals surface area contributed by atoms with Crippen molar-refractivity contribution < 1.29 is 76.1 Å². The Morgan fingerprint density at radius 1 is 0.745 bits per heavy atom. The second-order valence-corrected chi connectivity index (χ2v) is 38.5. The molecule has 0 spiro atoms. The molecule has 3 aromatic carbocycles. The van der Waals surface area contributed by atoms with E-state index in [9.17, 15) is 47.9 Å². The van der Waals surface area contributed by atoms with Gasteiger partial charge in [-0.2, -0.15) is 0 Å². The van der Waals surface area contributed by atoms with Crippen LogP contribution in [0.5, 0.6) is 5.75 Å². The van der Waals surface area contributed by atoms with Gasteiger partial charge in [-0.15, -0.1) is 4.99 Å². The van der Waals surface area contributed by atoms with Gasteiger partial charge in [0.05, 0.1) is 25.2 Å². The number of hydrogen-bond donors (Lipinski definition) is 6. The fourth-order valence-corrected chi connectivity index (χ4v) is 17.2. The third-order valence-electron chi connectivity index (χ3n) is 16.5. The average Bonchev–Trinajstić information content (AvgIpc) is 1.05. The maximum Gasteiger partial charge on any atom is 0.437 e. The number of benzene rings is 3. The largest absolute Gasteiger partial charge is 0.543 e. The highest BCUT2D eigenvalue weighted by Crippen LogP contribution is 2.43. The third kappa shape index (κ3) is 27.2. The lowest BCUT2D eigenvalue weighted by Crippen LogP contribution is -2.59. The molecule has 1 aliphatic rings. The van der Waals surface area contributed by atoms with Gasteiger partial charge in [-0.3, -0.25) is 24.0 Å². The van der Waals surface area contributed by atoms with E-state index >= 15 is 0 Å². The summed E-state index contributed by atoms with van der Waals surface area (Å²) in [4.78, 5) is 146. The highest BCUT2D eigenvalue weighted by atomic mass is 28.4. The lowest BCUT2D eigenvalue weighted by Gasteiger charge is -2.42. The van der Waals surface area contributed by atoms with Crippen molar-refractivity contribution in [3.63, 3.8) is 0 Å². The molecule has 3 aromatic rings. The minimum absolute atomic E-state index is 0.00764. The Hall–Kier alpha value is -8.86. The molecule has 98 heavy (non-hydrogen) atoms. The van der Waals surface area contributed by atoms with Gasteiger partial charge in [0.2, 0.25) is 29.5 Å². The number of hydrogen-bond acceptors (Lipinski definition) is 16. The maximum absolute atomic E-state index is 15.0. The molecule has 0 aromatic heterocycles. The van der Waals surface area contributed by atoms with Gasteiger partial charge in [0, 0.05) is 27.2 Å². The van der Waals surface area contributed by atoms with E-state index in [-0.39, 0.29) is 58.7 Å². The number of aliphatic imine (C=N–C) groups is 1. The molecule has 6 atom stereocenters. The van der Waals surface area contributed by atoms with Crippen LogP contribution >= 0.6 is 0 Å². The van der Waals surface area contributed by atoms with E-state index in [0.717, 1.165) is 10.5 Å². The summed E-state index contributed by atoms with van der Waals surface area (Å²) in [5, 5.41) is 13.3. The summed E-state index contributed by atoms with van der Waals surface area (Å²) in [6, 6.07) is 18.8. The Morgan fingerprint density at radius 3 is 1.91 bits per heavy atom. The topological polar surface area (TPSA) is 331 Å². The molecular weight excluding hydrogens is 1290 g/mol. The Kier molecular flexibility index (Phi) is 32.9. The Labute approximate surface area is 579 Å². The van der Waals surface area contributed by atoms with Crippen LogP contribution in [0.15, 0.2) is 115 Å². The van der Waals surface area contributed by atoms with Crippen LogP contribution in [0, 0.1) is 5.92 Å². The van der Waals surface area contributed by atoms with Gasteiger partial charge in [-0.05, 0) is 110 Å². The lowest BCUT2D eigenvalue weighted by molar-refractivity contribution is -0.143. The predicted molar refractivity (Wildman–Crippen MR) is 379 cm³/mol. The van der Waals surface area contributed by atoms with Crippen molar-refractivity contribution in [2.75, 3.05) is 32.8 Å². The zero-order valence-corrected chi connectivity index (χ0v) is 61.6. The first-order chi connectivity index (χ1) is 46.2. The Morgan fingerprint density at radius 2 is 1.35 bits per heavy atom. The van der Waals surface area contributed by atoms with E-state index in [1.165, 1.54) is 23.1 Å². The van der Waals surface area contributed by atoms with Crippen LogP contribution in [-0.2, 0) is 72.1 Å². The molecule has 1 saturated heterocycles. The Bertz CT molecular complexity index is 3190. The molecule has 4 rings (SSSR count). The number of amides is 8. The van der Waals surface area contributed by atoms with Gasteiger partial charge in [-0.25, -0.2) is 28.9 Å². The van der Waals surface area contributed by atoms with E-state index in [0.29, 0.717) is 46.0 Å². The molecule has 0 aliphatic carbocycles. The Balaban J connectivity index is 1.73. The van der Waals surface area contributed by atoms with Crippen LogP contribution in [0.1, 0.15) is 125 Å². The monoisotopic (exact) mass is 1400 g/mol. The molecule has 1 fully saturated rings. The van der Waals surface area contributed by atoms with Gasteiger partial charge < -0.3 is 65.3 Å². The number of likely N-dealkylation sites (tertiary alicyclic amines) is 1. The molecule has 0 radical (unpaired) electrons. The number of nitrogens with two attached hydrogens (primary N) is 1. The summed E-state index contributed by atoms with van der Waals surface area (Å²) < 4.78 is 33.9. The third-order valence-corrected chi connectivity index (χ3v) is 24.2. The highest BCUT2D eigenvalue weighted by Gasteiger charge is 2.47. The van der Waals surface area contributed by atoms with Crippen LogP contribution in [0.25, 0.3) is 0 Å². The number of nitrogens with zero attached hydrogens (tertiary/aromatic N) is 3. The molecule has 27 heteroatoms. The van der Waals surface area contributed by atoms with Crippen LogP contribution in [0.2, 0.25) is 42.3 Å². The van der Waals surface area contributed by atoms with Crippen molar-refractivity contribution in [3.05, 3.63) is 126 Å². The first-order valence-corrected chi connectivity index (χ1v) is 39.5. The fourth-order valence-electron chi connectivity index (χ4n) is 11.2. The number of guanidine groups is 1. The van der Waals surface area contributed by atoms with Crippen molar-refractivity contribution in [2.45, 2.75) is 206 Å². The van der Waals surface area contributed by atoms with Crippen LogP contribution in [0.4, 0.5) is 19.2 Å². The fraction of sp³-hybridized carbons (Fsp3) is 0.535. The molecule has 25 nitrogen and oxygen atoms in total. The van der Waals surface area contributed by atoms with Crippen molar-refractivity contribution in [1.82, 2.24) is 36.4 Å². The predicted octanol–water partition coefficient (Wildman–Crippen LogP) is 10.2. The van der Waals surface area contributed by atoms with Crippen LogP contribution in [-0.4, -0.2) is 161 Å². The molecule has 0 bridgehead atoms. The number of rotatable bonds is 35. The first kappa shape index (κ1) is 81.6. The molecule has 0 saturated carbocycles. The van der Waals surface area contributed by atoms with Gasteiger partial charge >= 0.3 is 30.3 Å². The number of Topliss-reactive ketones (excluding diaryl/α,β-unsaturated/α-hetero) is 1. The zero-order valence-electron chi connectivity index (χ0n) is 59.6. The summed E-state index contributed by atoms with van der Waals surface area (Å²) >= 11 is 0. The molecule has 1 aliphatic heterocycles. The molecular formula is C71H105N9O16Si2.